The minimum absolute atomic E-state index is 0.236. The summed E-state index contributed by atoms with van der Waals surface area (Å²) >= 11 is 0. The van der Waals surface area contributed by atoms with Gasteiger partial charge in [-0.15, -0.1) is 0 Å². The predicted octanol–water partition coefficient (Wildman–Crippen LogP) is 2.58. The van der Waals surface area contributed by atoms with Gasteiger partial charge in [-0.2, -0.15) is 0 Å². The molecule has 0 saturated heterocycles. The average molecular weight is 369 g/mol. The second-order valence-corrected chi connectivity index (χ2v) is 5.76. The molecule has 2 aromatic carbocycles. The molecule has 0 unspecified atom stereocenters. The molecule has 0 aliphatic carbocycles. The van der Waals surface area contributed by atoms with E-state index in [-0.39, 0.29) is 11.3 Å². The Balaban J connectivity index is 1.60. The van der Waals surface area contributed by atoms with Crippen molar-refractivity contribution in [1.29, 1.82) is 0 Å². The molecule has 0 bridgehead atoms. The smallest absolute Gasteiger partial charge is 0.331 e. The van der Waals surface area contributed by atoms with Crippen LogP contribution in [0.25, 0.3) is 17.1 Å². The molecule has 3 aromatic rings. The Morgan fingerprint density at radius 2 is 1.89 bits per heavy atom. The molecule has 3 N–H and O–H groups in total. The van der Waals surface area contributed by atoms with Gasteiger partial charge < -0.3 is 20.0 Å². The predicted molar refractivity (Wildman–Crippen MR) is 98.5 cm³/mol. The van der Waals surface area contributed by atoms with E-state index >= 15 is 0 Å². The summed E-state index contributed by atoms with van der Waals surface area (Å²) in [6.07, 6.45) is 1.26. The van der Waals surface area contributed by atoms with Crippen molar-refractivity contribution in [1.82, 2.24) is 9.97 Å². The number of carbonyl (C=O) groups is 2. The number of aromatic nitrogens is 2. The van der Waals surface area contributed by atoms with E-state index in [1.165, 1.54) is 31.2 Å². The monoisotopic (exact) mass is 369 g/mol. The van der Waals surface area contributed by atoms with Crippen LogP contribution in [0.4, 0.5) is 10.1 Å². The molecule has 0 aliphatic heterocycles. The largest absolute Gasteiger partial charge is 0.449 e. The second-order valence-electron chi connectivity index (χ2n) is 5.76. The Hall–Kier alpha value is -3.68. The number of imidazole rings is 1. The van der Waals surface area contributed by atoms with Gasteiger partial charge in [0.2, 0.25) is 0 Å². The van der Waals surface area contributed by atoms with Crippen molar-refractivity contribution in [2.45, 2.75) is 13.0 Å². The Bertz CT molecular complexity index is 1080. The number of halogens is 1. The third kappa shape index (κ3) is 4.49. The van der Waals surface area contributed by atoms with Crippen LogP contribution >= 0.6 is 0 Å². The van der Waals surface area contributed by atoms with Crippen LogP contribution in [0.15, 0.2) is 53.3 Å². The lowest BCUT2D eigenvalue weighted by Gasteiger charge is -2.12. The zero-order chi connectivity index (χ0) is 19.4. The van der Waals surface area contributed by atoms with Crippen LogP contribution in [0.2, 0.25) is 0 Å². The molecule has 138 valence electrons. The van der Waals surface area contributed by atoms with Gasteiger partial charge in [0, 0.05) is 17.3 Å². The number of amides is 1. The molecule has 0 fully saturated rings. The van der Waals surface area contributed by atoms with E-state index in [0.29, 0.717) is 16.7 Å². The number of fused-ring (bicyclic) bond motifs is 1. The topological polar surface area (TPSA) is 104 Å². The Kier molecular flexibility index (Phi) is 5.16. The highest BCUT2D eigenvalue weighted by atomic mass is 19.1. The van der Waals surface area contributed by atoms with Crippen LogP contribution in [0.5, 0.6) is 0 Å². The Morgan fingerprint density at radius 3 is 2.67 bits per heavy atom. The van der Waals surface area contributed by atoms with Crippen LogP contribution in [0, 0.1) is 5.82 Å². The highest BCUT2D eigenvalue weighted by Crippen LogP contribution is 2.15. The Labute approximate surface area is 152 Å². The van der Waals surface area contributed by atoms with E-state index < -0.39 is 23.8 Å². The first-order chi connectivity index (χ1) is 12.9. The van der Waals surface area contributed by atoms with E-state index in [1.54, 1.807) is 24.3 Å². The van der Waals surface area contributed by atoms with Crippen molar-refractivity contribution in [2.75, 3.05) is 5.32 Å². The number of carbonyl (C=O) groups excluding carboxylic acids is 2. The molecule has 27 heavy (non-hydrogen) atoms. The SMILES string of the molecule is C[C@H](OC(=O)/C=C/c1ccccc1F)C(=O)Nc1ccc2[nH]c(=O)[nH]c2c1. The summed E-state index contributed by atoms with van der Waals surface area (Å²) in [5, 5.41) is 2.60. The first kappa shape index (κ1) is 18.1. The van der Waals surface area contributed by atoms with Gasteiger partial charge in [0.15, 0.2) is 6.10 Å². The highest BCUT2D eigenvalue weighted by Gasteiger charge is 2.17. The molecule has 7 nitrogen and oxygen atoms in total. The fourth-order valence-corrected chi connectivity index (χ4v) is 2.39. The maximum absolute atomic E-state index is 13.5. The summed E-state index contributed by atoms with van der Waals surface area (Å²) in [5.41, 5.74) is 1.47. The van der Waals surface area contributed by atoms with Crippen LogP contribution in [-0.2, 0) is 14.3 Å². The van der Waals surface area contributed by atoms with Crippen molar-refractivity contribution < 1.29 is 18.7 Å². The van der Waals surface area contributed by atoms with Gasteiger partial charge in [0.25, 0.3) is 5.91 Å². The van der Waals surface area contributed by atoms with Crippen molar-refractivity contribution >= 4 is 34.7 Å². The quantitative estimate of drug-likeness (QED) is 0.475. The van der Waals surface area contributed by atoms with Crippen molar-refractivity contribution in [3.05, 3.63) is 70.4 Å². The number of benzene rings is 2. The lowest BCUT2D eigenvalue weighted by molar-refractivity contribution is -0.148. The van der Waals surface area contributed by atoms with Gasteiger partial charge in [0.05, 0.1) is 11.0 Å². The molecular weight excluding hydrogens is 353 g/mol. The first-order valence-electron chi connectivity index (χ1n) is 8.08. The molecule has 1 amide bonds. The molecule has 1 heterocycles. The highest BCUT2D eigenvalue weighted by molar-refractivity contribution is 5.97. The molecule has 0 radical (unpaired) electrons. The third-order valence-electron chi connectivity index (χ3n) is 3.75. The van der Waals surface area contributed by atoms with Gasteiger partial charge in [0.1, 0.15) is 5.82 Å². The van der Waals surface area contributed by atoms with Crippen LogP contribution in [-0.4, -0.2) is 27.9 Å². The van der Waals surface area contributed by atoms with Crippen molar-refractivity contribution in [3.8, 4) is 0 Å². The van der Waals surface area contributed by atoms with Crippen LogP contribution < -0.4 is 11.0 Å². The summed E-state index contributed by atoms with van der Waals surface area (Å²) < 4.78 is 18.5. The van der Waals surface area contributed by atoms with Gasteiger partial charge in [-0.1, -0.05) is 18.2 Å². The average Bonchev–Trinajstić information content (AvgIpc) is 3.00. The van der Waals surface area contributed by atoms with Gasteiger partial charge >= 0.3 is 11.7 Å². The van der Waals surface area contributed by atoms with E-state index in [2.05, 4.69) is 15.3 Å². The summed E-state index contributed by atoms with van der Waals surface area (Å²) in [6, 6.07) is 10.8. The van der Waals surface area contributed by atoms with Gasteiger partial charge in [-0.05, 0) is 37.3 Å². The number of hydrogen-bond donors (Lipinski definition) is 3. The standard InChI is InChI=1S/C19H16FN3O4/c1-11(27-17(24)9-6-12-4-2-3-5-14(12)20)18(25)21-13-7-8-15-16(10-13)23-19(26)22-15/h2-11H,1H3,(H,21,25)(H2,22,23,26)/b9-6+/t11-/m0/s1. The van der Waals surface area contributed by atoms with Gasteiger partial charge in [-0.25, -0.2) is 14.0 Å². The molecule has 0 saturated carbocycles. The summed E-state index contributed by atoms with van der Waals surface area (Å²) in [5.74, 6) is -1.78. The van der Waals surface area contributed by atoms with Gasteiger partial charge in [-0.3, -0.25) is 4.79 Å². The maximum Gasteiger partial charge on any atom is 0.331 e. The normalized spacial score (nSPS) is 12.2. The molecule has 1 aromatic heterocycles. The first-order valence-corrected chi connectivity index (χ1v) is 8.08. The lowest BCUT2D eigenvalue weighted by Crippen LogP contribution is -2.29. The van der Waals surface area contributed by atoms with E-state index in [0.717, 1.165) is 6.08 Å². The number of esters is 1. The number of anilines is 1. The van der Waals surface area contributed by atoms with Crippen molar-refractivity contribution in [2.24, 2.45) is 0 Å². The number of hydrogen-bond acceptors (Lipinski definition) is 4. The second kappa shape index (κ2) is 7.69. The number of aromatic amines is 2. The number of ether oxygens (including phenoxy) is 1. The third-order valence-corrected chi connectivity index (χ3v) is 3.75. The summed E-state index contributed by atoms with van der Waals surface area (Å²) in [6.45, 7) is 1.42. The number of H-pyrrole nitrogens is 2. The zero-order valence-electron chi connectivity index (χ0n) is 14.3. The zero-order valence-corrected chi connectivity index (χ0v) is 14.3. The molecule has 8 heteroatoms. The fraction of sp³-hybridized carbons (Fsp3) is 0.105. The van der Waals surface area contributed by atoms with E-state index in [9.17, 15) is 18.8 Å². The molecular formula is C19H16FN3O4. The molecule has 1 atom stereocenters. The number of nitrogens with one attached hydrogen (secondary N) is 3. The summed E-state index contributed by atoms with van der Waals surface area (Å²) in [4.78, 5) is 40.4. The van der Waals surface area contributed by atoms with Crippen molar-refractivity contribution in [3.63, 3.8) is 0 Å². The van der Waals surface area contributed by atoms with E-state index in [1.807, 2.05) is 0 Å². The molecule has 0 spiro atoms. The van der Waals surface area contributed by atoms with Crippen LogP contribution in [0.1, 0.15) is 12.5 Å². The van der Waals surface area contributed by atoms with E-state index in [4.69, 9.17) is 4.74 Å². The minimum Gasteiger partial charge on any atom is -0.449 e. The Morgan fingerprint density at radius 1 is 1.15 bits per heavy atom. The minimum atomic E-state index is -1.07. The molecule has 0 aliphatic rings. The number of rotatable bonds is 5. The molecule has 3 rings (SSSR count). The maximum atomic E-state index is 13.5. The fourth-order valence-electron chi connectivity index (χ4n) is 2.39. The summed E-state index contributed by atoms with van der Waals surface area (Å²) in [7, 11) is 0. The lowest BCUT2D eigenvalue weighted by atomic mass is 10.2. The van der Waals surface area contributed by atoms with Crippen LogP contribution in [0.3, 0.4) is 0 Å².